The van der Waals surface area contributed by atoms with Gasteiger partial charge in [0.25, 0.3) is 0 Å². The number of nitrogens with zero attached hydrogens (tertiary/aromatic N) is 1. The van der Waals surface area contributed by atoms with E-state index in [0.717, 1.165) is 49.4 Å². The molecular formula is C19H28N2O3. The minimum atomic E-state index is -0.0122. The summed E-state index contributed by atoms with van der Waals surface area (Å²) in [6.45, 7) is 7.26. The number of ether oxygens (including phenoxy) is 1. The number of rotatable bonds is 6. The Kier molecular flexibility index (Phi) is 6.67. The van der Waals surface area contributed by atoms with Crippen molar-refractivity contribution in [2.24, 2.45) is 5.92 Å². The van der Waals surface area contributed by atoms with Gasteiger partial charge < -0.3 is 15.2 Å². The molecule has 1 atom stereocenters. The predicted octanol–water partition coefficient (Wildman–Crippen LogP) is 2.70. The van der Waals surface area contributed by atoms with E-state index in [9.17, 15) is 9.90 Å². The summed E-state index contributed by atoms with van der Waals surface area (Å²) < 4.78 is 5.38. The van der Waals surface area contributed by atoms with Gasteiger partial charge in [0.1, 0.15) is 11.5 Å². The van der Waals surface area contributed by atoms with Crippen LogP contribution in [0.1, 0.15) is 32.3 Å². The van der Waals surface area contributed by atoms with Gasteiger partial charge in [0, 0.05) is 31.3 Å². The third-order valence-corrected chi connectivity index (χ3v) is 4.25. The van der Waals surface area contributed by atoms with Crippen molar-refractivity contribution in [2.45, 2.75) is 33.2 Å². The minimum absolute atomic E-state index is 0.0122. The van der Waals surface area contributed by atoms with Gasteiger partial charge in [-0.05, 0) is 57.4 Å². The van der Waals surface area contributed by atoms with Gasteiger partial charge in [-0.25, -0.2) is 0 Å². The summed E-state index contributed by atoms with van der Waals surface area (Å²) in [4.78, 5) is 14.1. The maximum Gasteiger partial charge on any atom is 0.243 e. The number of benzene rings is 1. The molecule has 0 bridgehead atoms. The van der Waals surface area contributed by atoms with E-state index in [1.54, 1.807) is 31.4 Å². The molecule has 1 aliphatic rings. The van der Waals surface area contributed by atoms with E-state index in [0.29, 0.717) is 12.5 Å². The number of piperidine rings is 1. The molecule has 24 heavy (non-hydrogen) atoms. The van der Waals surface area contributed by atoms with E-state index >= 15 is 0 Å². The zero-order valence-corrected chi connectivity index (χ0v) is 14.8. The summed E-state index contributed by atoms with van der Waals surface area (Å²) in [7, 11) is 1.65. The minimum Gasteiger partial charge on any atom is -0.508 e. The average molecular weight is 332 g/mol. The number of hydrogen-bond acceptors (Lipinski definition) is 4. The lowest BCUT2D eigenvalue weighted by molar-refractivity contribution is -0.116. The van der Waals surface area contributed by atoms with Gasteiger partial charge in [-0.3, -0.25) is 9.69 Å². The van der Waals surface area contributed by atoms with Crippen molar-refractivity contribution >= 4 is 5.91 Å². The lowest BCUT2D eigenvalue weighted by atomic mass is 9.97. The van der Waals surface area contributed by atoms with Crippen molar-refractivity contribution in [1.82, 2.24) is 10.2 Å². The van der Waals surface area contributed by atoms with E-state index in [2.05, 4.69) is 10.2 Å². The molecule has 1 aromatic rings. The van der Waals surface area contributed by atoms with Crippen molar-refractivity contribution in [3.63, 3.8) is 0 Å². The van der Waals surface area contributed by atoms with Crippen LogP contribution in [-0.2, 0) is 11.3 Å². The standard InChI is InChI=1S/C19H28N2O3/c1-14(2)9-19(23)20-11-15-5-4-8-21(12-15)13-16-10-17(22)6-7-18(16)24-3/h6-7,9-10,15,22H,4-5,8,11-13H2,1-3H3,(H,20,23). The van der Waals surface area contributed by atoms with Gasteiger partial charge in [0.15, 0.2) is 0 Å². The Bertz CT molecular complexity index is 594. The summed E-state index contributed by atoms with van der Waals surface area (Å²) in [5, 5.41) is 12.7. The van der Waals surface area contributed by atoms with Crippen LogP contribution in [-0.4, -0.2) is 42.7 Å². The Labute approximate surface area is 144 Å². The molecule has 1 unspecified atom stereocenters. The maximum atomic E-state index is 11.7. The van der Waals surface area contributed by atoms with Crippen molar-refractivity contribution in [2.75, 3.05) is 26.7 Å². The molecule has 1 aliphatic heterocycles. The maximum absolute atomic E-state index is 11.7. The van der Waals surface area contributed by atoms with Crippen LogP contribution in [0, 0.1) is 5.92 Å². The quantitative estimate of drug-likeness (QED) is 0.786. The fourth-order valence-corrected chi connectivity index (χ4v) is 3.15. The number of methoxy groups -OCH3 is 1. The van der Waals surface area contributed by atoms with Crippen LogP contribution in [0.2, 0.25) is 0 Å². The van der Waals surface area contributed by atoms with Gasteiger partial charge >= 0.3 is 0 Å². The Morgan fingerprint density at radius 1 is 1.46 bits per heavy atom. The van der Waals surface area contributed by atoms with Crippen LogP contribution in [0.3, 0.4) is 0 Å². The van der Waals surface area contributed by atoms with Crippen LogP contribution in [0.4, 0.5) is 0 Å². The number of amides is 1. The summed E-state index contributed by atoms with van der Waals surface area (Å²) in [5.74, 6) is 1.50. The van der Waals surface area contributed by atoms with Gasteiger partial charge in [0.05, 0.1) is 7.11 Å². The number of hydrogen-bond donors (Lipinski definition) is 2. The monoisotopic (exact) mass is 332 g/mol. The molecule has 0 radical (unpaired) electrons. The fourth-order valence-electron chi connectivity index (χ4n) is 3.15. The highest BCUT2D eigenvalue weighted by atomic mass is 16.5. The smallest absolute Gasteiger partial charge is 0.243 e. The Hall–Kier alpha value is -2.01. The van der Waals surface area contributed by atoms with Gasteiger partial charge in [-0.15, -0.1) is 0 Å². The second-order valence-corrected chi connectivity index (χ2v) is 6.71. The third-order valence-electron chi connectivity index (χ3n) is 4.25. The summed E-state index contributed by atoms with van der Waals surface area (Å²) >= 11 is 0. The molecule has 2 N–H and O–H groups in total. The number of aromatic hydroxyl groups is 1. The van der Waals surface area contributed by atoms with Gasteiger partial charge in [-0.1, -0.05) is 5.57 Å². The Morgan fingerprint density at radius 2 is 2.25 bits per heavy atom. The predicted molar refractivity (Wildman–Crippen MR) is 95.1 cm³/mol. The number of phenolic OH excluding ortho intramolecular Hbond substituents is 1. The number of allylic oxidation sites excluding steroid dienone is 1. The van der Waals surface area contributed by atoms with Crippen LogP contribution in [0.15, 0.2) is 29.8 Å². The first-order chi connectivity index (χ1) is 11.5. The SMILES string of the molecule is COc1ccc(O)cc1CN1CCCC(CNC(=O)C=C(C)C)C1. The number of carbonyl (C=O) groups excluding carboxylic acids is 1. The zero-order chi connectivity index (χ0) is 17.5. The van der Waals surface area contributed by atoms with Crippen molar-refractivity contribution in [3.05, 3.63) is 35.4 Å². The molecule has 1 fully saturated rings. The van der Waals surface area contributed by atoms with Crippen LogP contribution >= 0.6 is 0 Å². The van der Waals surface area contributed by atoms with Crippen molar-refractivity contribution in [3.8, 4) is 11.5 Å². The molecule has 1 aromatic carbocycles. The number of carbonyl (C=O) groups is 1. The van der Waals surface area contributed by atoms with Gasteiger partial charge in [0.2, 0.25) is 5.91 Å². The summed E-state index contributed by atoms with van der Waals surface area (Å²) in [5.41, 5.74) is 2.00. The zero-order valence-electron chi connectivity index (χ0n) is 14.8. The molecule has 0 spiro atoms. The molecule has 0 aromatic heterocycles. The highest BCUT2D eigenvalue weighted by molar-refractivity contribution is 5.87. The first-order valence-corrected chi connectivity index (χ1v) is 8.49. The molecule has 0 saturated carbocycles. The molecule has 1 saturated heterocycles. The molecule has 5 nitrogen and oxygen atoms in total. The molecule has 0 aliphatic carbocycles. The van der Waals surface area contributed by atoms with Crippen molar-refractivity contribution in [1.29, 1.82) is 0 Å². The van der Waals surface area contributed by atoms with E-state index in [1.165, 1.54) is 0 Å². The van der Waals surface area contributed by atoms with E-state index in [4.69, 9.17) is 4.74 Å². The Morgan fingerprint density at radius 3 is 2.96 bits per heavy atom. The normalized spacial score (nSPS) is 18.0. The second kappa shape index (κ2) is 8.73. The highest BCUT2D eigenvalue weighted by Crippen LogP contribution is 2.26. The van der Waals surface area contributed by atoms with E-state index in [-0.39, 0.29) is 11.7 Å². The first-order valence-electron chi connectivity index (χ1n) is 8.49. The first kappa shape index (κ1) is 18.3. The number of nitrogens with one attached hydrogen (secondary N) is 1. The molecule has 1 amide bonds. The number of phenols is 1. The van der Waals surface area contributed by atoms with Crippen LogP contribution < -0.4 is 10.1 Å². The van der Waals surface area contributed by atoms with Crippen LogP contribution in [0.25, 0.3) is 0 Å². The topological polar surface area (TPSA) is 61.8 Å². The fraction of sp³-hybridized carbons (Fsp3) is 0.526. The van der Waals surface area contributed by atoms with Crippen molar-refractivity contribution < 1.29 is 14.6 Å². The lowest BCUT2D eigenvalue weighted by Crippen LogP contribution is -2.40. The van der Waals surface area contributed by atoms with Crippen LogP contribution in [0.5, 0.6) is 11.5 Å². The summed E-state index contributed by atoms with van der Waals surface area (Å²) in [6, 6.07) is 5.20. The summed E-state index contributed by atoms with van der Waals surface area (Å²) in [6.07, 6.45) is 3.88. The lowest BCUT2D eigenvalue weighted by Gasteiger charge is -2.33. The molecular weight excluding hydrogens is 304 g/mol. The molecule has 1 heterocycles. The van der Waals surface area contributed by atoms with E-state index < -0.39 is 0 Å². The average Bonchev–Trinajstić information content (AvgIpc) is 2.53. The van der Waals surface area contributed by atoms with Gasteiger partial charge in [-0.2, -0.15) is 0 Å². The number of likely N-dealkylation sites (tertiary alicyclic amines) is 1. The molecule has 5 heteroatoms. The largest absolute Gasteiger partial charge is 0.508 e. The second-order valence-electron chi connectivity index (χ2n) is 6.71. The molecule has 2 rings (SSSR count). The third kappa shape index (κ3) is 5.57. The highest BCUT2D eigenvalue weighted by Gasteiger charge is 2.21. The Balaban J connectivity index is 1.90. The van der Waals surface area contributed by atoms with E-state index in [1.807, 2.05) is 13.8 Å². The molecule has 132 valence electrons.